The van der Waals surface area contributed by atoms with Gasteiger partial charge in [-0.15, -0.1) is 0 Å². The summed E-state index contributed by atoms with van der Waals surface area (Å²) in [6, 6.07) is 6.18. The predicted molar refractivity (Wildman–Crippen MR) is 72.5 cm³/mol. The van der Waals surface area contributed by atoms with Crippen molar-refractivity contribution in [2.45, 2.75) is 32.9 Å². The summed E-state index contributed by atoms with van der Waals surface area (Å²) in [4.78, 5) is 0. The summed E-state index contributed by atoms with van der Waals surface area (Å²) in [5.74, 6) is 0. The van der Waals surface area contributed by atoms with Gasteiger partial charge < -0.3 is 10.2 Å². The van der Waals surface area contributed by atoms with Gasteiger partial charge in [-0.25, -0.2) is 0 Å². The molecular weight excluding hydrogens is 226 g/mol. The number of furan rings is 1. The monoisotopic (exact) mass is 243 g/mol. The van der Waals surface area contributed by atoms with E-state index in [2.05, 4.69) is 18.1 Å². The summed E-state index contributed by atoms with van der Waals surface area (Å²) in [6.07, 6.45) is 2.64. The van der Waals surface area contributed by atoms with Crippen LogP contribution in [0.25, 0.3) is 21.9 Å². The van der Waals surface area contributed by atoms with Crippen molar-refractivity contribution in [1.29, 1.82) is 0 Å². The molecule has 0 spiro atoms. The van der Waals surface area contributed by atoms with Crippen molar-refractivity contribution >= 4 is 21.9 Å². The van der Waals surface area contributed by atoms with Crippen LogP contribution in [0.5, 0.6) is 0 Å². The van der Waals surface area contributed by atoms with Crippen LogP contribution < -0.4 is 5.73 Å². The zero-order chi connectivity index (χ0) is 12.7. The van der Waals surface area contributed by atoms with Gasteiger partial charge in [-0.05, 0) is 31.5 Å². The van der Waals surface area contributed by atoms with Gasteiger partial charge in [0.1, 0.15) is 5.58 Å². The largest absolute Gasteiger partial charge is 0.464 e. The van der Waals surface area contributed by atoms with E-state index in [0.717, 1.165) is 35.1 Å². The van der Waals surface area contributed by atoms with Crippen molar-refractivity contribution in [1.82, 2.24) is 9.78 Å². The summed E-state index contributed by atoms with van der Waals surface area (Å²) in [5, 5.41) is 6.99. The molecule has 0 aliphatic rings. The zero-order valence-corrected chi connectivity index (χ0v) is 10.7. The highest BCUT2D eigenvalue weighted by Gasteiger charge is 2.14. The van der Waals surface area contributed by atoms with E-state index < -0.39 is 0 Å². The van der Waals surface area contributed by atoms with Gasteiger partial charge in [0.05, 0.1) is 24.0 Å². The van der Waals surface area contributed by atoms with Crippen LogP contribution >= 0.6 is 0 Å². The van der Waals surface area contributed by atoms with Crippen LogP contribution in [0.1, 0.15) is 19.5 Å². The fourth-order valence-electron chi connectivity index (χ4n) is 2.46. The first kappa shape index (κ1) is 11.3. The number of rotatable bonds is 3. The first-order valence-electron chi connectivity index (χ1n) is 6.32. The third-order valence-electron chi connectivity index (χ3n) is 3.21. The highest BCUT2D eigenvalue weighted by molar-refractivity contribution is 6.04. The van der Waals surface area contributed by atoms with E-state index in [0.29, 0.717) is 0 Å². The minimum Gasteiger partial charge on any atom is -0.464 e. The molecule has 0 bridgehead atoms. The first-order valence-corrected chi connectivity index (χ1v) is 6.32. The first-order chi connectivity index (χ1) is 8.70. The van der Waals surface area contributed by atoms with E-state index in [1.54, 1.807) is 6.26 Å². The lowest BCUT2D eigenvalue weighted by molar-refractivity contribution is 0.549. The summed E-state index contributed by atoms with van der Waals surface area (Å²) in [6.45, 7) is 4.84. The lowest BCUT2D eigenvalue weighted by Gasteiger charge is -2.06. The molecule has 1 atom stereocenters. The van der Waals surface area contributed by atoms with E-state index in [9.17, 15) is 0 Å². The smallest absolute Gasteiger partial charge is 0.136 e. The molecule has 0 unspecified atom stereocenters. The van der Waals surface area contributed by atoms with E-state index in [1.807, 2.05) is 23.7 Å². The number of fused-ring (bicyclic) bond motifs is 3. The van der Waals surface area contributed by atoms with Crippen molar-refractivity contribution in [3.63, 3.8) is 0 Å². The Bertz CT molecular complexity index is 694. The van der Waals surface area contributed by atoms with E-state index >= 15 is 0 Å². The van der Waals surface area contributed by atoms with E-state index in [-0.39, 0.29) is 6.04 Å². The number of benzene rings is 1. The molecule has 0 aliphatic carbocycles. The number of hydrogen-bond acceptors (Lipinski definition) is 3. The highest BCUT2D eigenvalue weighted by atomic mass is 16.3. The van der Waals surface area contributed by atoms with Gasteiger partial charge in [-0.1, -0.05) is 6.92 Å². The Kier molecular flexibility index (Phi) is 2.59. The van der Waals surface area contributed by atoms with Crippen molar-refractivity contribution in [3.8, 4) is 0 Å². The standard InChI is InChI=1S/C14H17N3O/c1-3-12-10-4-5-13-11(6-7-18-13)14(10)17(16-12)8-9(2)15/h4-7,9H,3,8,15H2,1-2H3/t9-/m0/s1. The Morgan fingerprint density at radius 2 is 2.17 bits per heavy atom. The molecule has 18 heavy (non-hydrogen) atoms. The van der Waals surface area contributed by atoms with Crippen molar-refractivity contribution < 1.29 is 4.42 Å². The number of aryl methyl sites for hydroxylation is 1. The fraction of sp³-hybridized carbons (Fsp3) is 0.357. The molecule has 0 saturated heterocycles. The second kappa shape index (κ2) is 4.14. The maximum Gasteiger partial charge on any atom is 0.136 e. The molecule has 2 heterocycles. The van der Waals surface area contributed by atoms with Crippen molar-refractivity contribution in [3.05, 3.63) is 30.2 Å². The van der Waals surface area contributed by atoms with Gasteiger partial charge in [-0.2, -0.15) is 5.10 Å². The molecule has 2 N–H and O–H groups in total. The van der Waals surface area contributed by atoms with Gasteiger partial charge in [0.2, 0.25) is 0 Å². The number of nitrogens with two attached hydrogens (primary N) is 1. The van der Waals surface area contributed by atoms with Crippen LogP contribution in [0.15, 0.2) is 28.9 Å². The predicted octanol–water partition coefficient (Wildman–Crippen LogP) is 2.69. The Hall–Kier alpha value is -1.81. The molecule has 3 rings (SSSR count). The molecule has 0 amide bonds. The molecule has 4 nitrogen and oxygen atoms in total. The Morgan fingerprint density at radius 1 is 1.33 bits per heavy atom. The topological polar surface area (TPSA) is 57.0 Å². The number of nitrogens with zero attached hydrogens (tertiary/aromatic N) is 2. The lowest BCUT2D eigenvalue weighted by Crippen LogP contribution is -2.22. The van der Waals surface area contributed by atoms with Crippen LogP contribution in [0.4, 0.5) is 0 Å². The maximum absolute atomic E-state index is 5.90. The number of hydrogen-bond donors (Lipinski definition) is 1. The third-order valence-corrected chi connectivity index (χ3v) is 3.21. The van der Waals surface area contributed by atoms with Crippen LogP contribution in [-0.2, 0) is 13.0 Å². The molecule has 4 heteroatoms. The Labute approximate surface area is 105 Å². The summed E-state index contributed by atoms with van der Waals surface area (Å²) in [5.41, 5.74) is 9.05. The molecule has 94 valence electrons. The molecule has 0 fully saturated rings. The quantitative estimate of drug-likeness (QED) is 0.769. The molecule has 0 saturated carbocycles. The van der Waals surface area contributed by atoms with Gasteiger partial charge in [0, 0.05) is 16.8 Å². The number of aromatic nitrogens is 2. The summed E-state index contributed by atoms with van der Waals surface area (Å²) >= 11 is 0. The molecular formula is C14H17N3O. The zero-order valence-electron chi connectivity index (χ0n) is 10.7. The maximum atomic E-state index is 5.90. The van der Waals surface area contributed by atoms with Gasteiger partial charge in [-0.3, -0.25) is 4.68 Å². The summed E-state index contributed by atoms with van der Waals surface area (Å²) < 4.78 is 7.47. The lowest BCUT2D eigenvalue weighted by atomic mass is 10.1. The van der Waals surface area contributed by atoms with E-state index in [4.69, 9.17) is 10.2 Å². The molecule has 2 aromatic heterocycles. The average Bonchev–Trinajstić information content (AvgIpc) is 2.91. The molecule has 0 radical (unpaired) electrons. The van der Waals surface area contributed by atoms with Crippen LogP contribution in [0, 0.1) is 0 Å². The molecule has 3 aromatic rings. The SMILES string of the molecule is CCc1nn(C[C@H](C)N)c2c1ccc1occc12. The second-order valence-electron chi connectivity index (χ2n) is 4.75. The van der Waals surface area contributed by atoms with E-state index in [1.165, 1.54) is 5.39 Å². The third kappa shape index (κ3) is 1.61. The highest BCUT2D eigenvalue weighted by Crippen LogP contribution is 2.28. The van der Waals surface area contributed by atoms with Crippen molar-refractivity contribution in [2.24, 2.45) is 5.73 Å². The average molecular weight is 243 g/mol. The second-order valence-corrected chi connectivity index (χ2v) is 4.75. The fourth-order valence-corrected chi connectivity index (χ4v) is 2.46. The minimum atomic E-state index is 0.0833. The van der Waals surface area contributed by atoms with Crippen LogP contribution in [0.2, 0.25) is 0 Å². The van der Waals surface area contributed by atoms with Gasteiger partial charge >= 0.3 is 0 Å². The van der Waals surface area contributed by atoms with Gasteiger partial charge in [0.15, 0.2) is 0 Å². The van der Waals surface area contributed by atoms with Gasteiger partial charge in [0.25, 0.3) is 0 Å². The minimum absolute atomic E-state index is 0.0833. The van der Waals surface area contributed by atoms with Crippen molar-refractivity contribution in [2.75, 3.05) is 0 Å². The van der Waals surface area contributed by atoms with Crippen LogP contribution in [-0.4, -0.2) is 15.8 Å². The summed E-state index contributed by atoms with van der Waals surface area (Å²) in [7, 11) is 0. The Balaban J connectivity index is 2.36. The normalized spacial score (nSPS) is 13.5. The molecule has 1 aromatic carbocycles. The van der Waals surface area contributed by atoms with Crippen LogP contribution in [0.3, 0.4) is 0 Å². The molecule has 0 aliphatic heterocycles. The Morgan fingerprint density at radius 3 is 2.89 bits per heavy atom.